The molecule has 1 aliphatic heterocycles. The van der Waals surface area contributed by atoms with E-state index in [2.05, 4.69) is 18.8 Å². The summed E-state index contributed by atoms with van der Waals surface area (Å²) in [4.78, 5) is 5.33. The van der Waals surface area contributed by atoms with E-state index in [0.717, 1.165) is 44.6 Å². The van der Waals surface area contributed by atoms with Gasteiger partial charge in [-0.15, -0.1) is 0 Å². The highest BCUT2D eigenvalue weighted by Gasteiger charge is 2.34. The first-order chi connectivity index (χ1) is 9.19. The van der Waals surface area contributed by atoms with Crippen LogP contribution >= 0.6 is 0 Å². The first-order valence-electron chi connectivity index (χ1n) is 6.77. The Morgan fingerprint density at radius 1 is 1.25 bits per heavy atom. The quantitative estimate of drug-likeness (QED) is 0.856. The second-order valence-electron chi connectivity index (χ2n) is 6.13. The zero-order chi connectivity index (χ0) is 15.0. The van der Waals surface area contributed by atoms with E-state index in [9.17, 15) is 13.2 Å². The molecule has 1 fully saturated rings. The van der Waals surface area contributed by atoms with E-state index >= 15 is 0 Å². The van der Waals surface area contributed by atoms with Crippen LogP contribution in [-0.2, 0) is 6.18 Å². The van der Waals surface area contributed by atoms with Gasteiger partial charge in [0.15, 0.2) is 0 Å². The second kappa shape index (κ2) is 5.14. The van der Waals surface area contributed by atoms with Crippen molar-refractivity contribution in [2.24, 2.45) is 5.41 Å². The summed E-state index contributed by atoms with van der Waals surface area (Å²) in [5.41, 5.74) is 5.90. The predicted molar refractivity (Wildman–Crippen MR) is 73.5 cm³/mol. The van der Waals surface area contributed by atoms with Crippen LogP contribution in [0.3, 0.4) is 0 Å². The fraction of sp³-hybridized carbons (Fsp3) is 0.643. The molecule has 112 valence electrons. The van der Waals surface area contributed by atoms with Gasteiger partial charge in [0.25, 0.3) is 0 Å². The van der Waals surface area contributed by atoms with Crippen LogP contribution in [0.5, 0.6) is 0 Å². The van der Waals surface area contributed by atoms with Crippen LogP contribution in [0.25, 0.3) is 0 Å². The molecule has 0 aromatic carbocycles. The van der Waals surface area contributed by atoms with Crippen molar-refractivity contribution >= 4 is 11.4 Å². The highest BCUT2D eigenvalue weighted by atomic mass is 19.4. The van der Waals surface area contributed by atoms with Crippen molar-refractivity contribution in [2.75, 3.05) is 23.7 Å². The van der Waals surface area contributed by atoms with Gasteiger partial charge in [-0.3, -0.25) is 0 Å². The fourth-order valence-corrected chi connectivity index (χ4v) is 2.55. The highest BCUT2D eigenvalue weighted by Crippen LogP contribution is 2.36. The Balaban J connectivity index is 2.28. The SMILES string of the molecule is CC1(C)CCCN(c2cc(C(F)(F)F)ncc2N)CC1. The highest BCUT2D eigenvalue weighted by molar-refractivity contribution is 5.67. The van der Waals surface area contributed by atoms with Gasteiger partial charge in [0.05, 0.1) is 17.6 Å². The third kappa shape index (κ3) is 3.35. The van der Waals surface area contributed by atoms with E-state index in [1.807, 2.05) is 4.90 Å². The summed E-state index contributed by atoms with van der Waals surface area (Å²) in [5, 5.41) is 0. The van der Waals surface area contributed by atoms with Crippen molar-refractivity contribution in [3.63, 3.8) is 0 Å². The van der Waals surface area contributed by atoms with Gasteiger partial charge in [-0.25, -0.2) is 4.98 Å². The largest absolute Gasteiger partial charge is 0.433 e. The van der Waals surface area contributed by atoms with E-state index < -0.39 is 11.9 Å². The zero-order valence-electron chi connectivity index (χ0n) is 11.8. The molecule has 0 aliphatic carbocycles. The number of halogens is 3. The first-order valence-corrected chi connectivity index (χ1v) is 6.77. The number of nitrogens with zero attached hydrogens (tertiary/aromatic N) is 2. The molecule has 0 atom stereocenters. The average Bonchev–Trinajstić information content (AvgIpc) is 2.49. The smallest absolute Gasteiger partial charge is 0.396 e. The Morgan fingerprint density at radius 2 is 1.95 bits per heavy atom. The zero-order valence-corrected chi connectivity index (χ0v) is 11.8. The summed E-state index contributed by atoms with van der Waals surface area (Å²) in [5.74, 6) is 0. The lowest BCUT2D eigenvalue weighted by atomic mass is 9.85. The Bertz CT molecular complexity index is 483. The third-order valence-electron chi connectivity index (χ3n) is 3.88. The molecule has 1 aromatic heterocycles. The second-order valence-corrected chi connectivity index (χ2v) is 6.13. The monoisotopic (exact) mass is 287 g/mol. The van der Waals surface area contributed by atoms with Crippen molar-refractivity contribution in [3.05, 3.63) is 18.0 Å². The Labute approximate surface area is 117 Å². The minimum absolute atomic E-state index is 0.226. The first kappa shape index (κ1) is 14.9. The molecule has 0 amide bonds. The molecule has 1 saturated heterocycles. The molecule has 1 aliphatic rings. The molecule has 0 saturated carbocycles. The molecular weight excluding hydrogens is 267 g/mol. The molecule has 0 radical (unpaired) electrons. The lowest BCUT2D eigenvalue weighted by Crippen LogP contribution is -2.26. The van der Waals surface area contributed by atoms with Crippen molar-refractivity contribution in [1.82, 2.24) is 4.98 Å². The molecule has 2 N–H and O–H groups in total. The Kier molecular flexibility index (Phi) is 3.84. The minimum Gasteiger partial charge on any atom is -0.396 e. The predicted octanol–water partition coefficient (Wildman–Crippen LogP) is 3.70. The third-order valence-corrected chi connectivity index (χ3v) is 3.88. The molecule has 3 nitrogen and oxygen atoms in total. The van der Waals surface area contributed by atoms with Gasteiger partial charge in [0, 0.05) is 13.1 Å². The fourth-order valence-electron chi connectivity index (χ4n) is 2.55. The summed E-state index contributed by atoms with van der Waals surface area (Å²) in [6.07, 6.45) is -0.366. The van der Waals surface area contributed by atoms with Gasteiger partial charge >= 0.3 is 6.18 Å². The normalized spacial score (nSPS) is 19.8. The number of rotatable bonds is 1. The number of nitrogens with two attached hydrogens (primary N) is 1. The number of anilines is 2. The number of pyridine rings is 1. The van der Waals surface area contributed by atoms with Crippen LogP contribution in [0, 0.1) is 5.41 Å². The number of nitrogen functional groups attached to an aromatic ring is 1. The van der Waals surface area contributed by atoms with Crippen LogP contribution in [-0.4, -0.2) is 18.1 Å². The lowest BCUT2D eigenvalue weighted by molar-refractivity contribution is -0.141. The van der Waals surface area contributed by atoms with E-state index in [0.29, 0.717) is 11.4 Å². The average molecular weight is 287 g/mol. The van der Waals surface area contributed by atoms with E-state index in [1.165, 1.54) is 0 Å². The summed E-state index contributed by atoms with van der Waals surface area (Å²) in [7, 11) is 0. The van der Waals surface area contributed by atoms with E-state index in [4.69, 9.17) is 5.73 Å². The van der Waals surface area contributed by atoms with Gasteiger partial charge < -0.3 is 10.6 Å². The molecule has 0 bridgehead atoms. The molecule has 1 aromatic rings. The summed E-state index contributed by atoms with van der Waals surface area (Å²) in [6, 6.07) is 1.06. The van der Waals surface area contributed by atoms with Crippen LogP contribution in [0.1, 0.15) is 38.8 Å². The number of aromatic nitrogens is 1. The maximum absolute atomic E-state index is 12.7. The van der Waals surface area contributed by atoms with Crippen LogP contribution in [0.15, 0.2) is 12.3 Å². The van der Waals surface area contributed by atoms with Crippen molar-refractivity contribution < 1.29 is 13.2 Å². The minimum atomic E-state index is -4.44. The van der Waals surface area contributed by atoms with Crippen LogP contribution < -0.4 is 10.6 Å². The maximum atomic E-state index is 12.7. The lowest BCUT2D eigenvalue weighted by Gasteiger charge is -2.26. The van der Waals surface area contributed by atoms with Crippen molar-refractivity contribution in [1.29, 1.82) is 0 Å². The number of hydrogen-bond acceptors (Lipinski definition) is 3. The Hall–Kier alpha value is -1.46. The van der Waals surface area contributed by atoms with Crippen molar-refractivity contribution in [3.8, 4) is 0 Å². The molecule has 20 heavy (non-hydrogen) atoms. The van der Waals surface area contributed by atoms with Gasteiger partial charge in [-0.2, -0.15) is 13.2 Å². The number of alkyl halides is 3. The van der Waals surface area contributed by atoms with Gasteiger partial charge in [0.2, 0.25) is 0 Å². The maximum Gasteiger partial charge on any atom is 0.433 e. The van der Waals surface area contributed by atoms with Gasteiger partial charge in [0.1, 0.15) is 5.69 Å². The number of hydrogen-bond donors (Lipinski definition) is 1. The topological polar surface area (TPSA) is 42.2 Å². The van der Waals surface area contributed by atoms with E-state index in [-0.39, 0.29) is 5.41 Å². The summed E-state index contributed by atoms with van der Waals surface area (Å²) in [6.45, 7) is 5.83. The van der Waals surface area contributed by atoms with Crippen molar-refractivity contribution in [2.45, 2.75) is 39.3 Å². The molecule has 2 rings (SSSR count). The molecule has 2 heterocycles. The van der Waals surface area contributed by atoms with Crippen LogP contribution in [0.4, 0.5) is 24.5 Å². The summed E-state index contributed by atoms with van der Waals surface area (Å²) >= 11 is 0. The van der Waals surface area contributed by atoms with Gasteiger partial charge in [-0.05, 0) is 30.7 Å². The van der Waals surface area contributed by atoms with Gasteiger partial charge in [-0.1, -0.05) is 13.8 Å². The van der Waals surface area contributed by atoms with E-state index in [1.54, 1.807) is 0 Å². The standard InChI is InChI=1S/C14H20F3N3/c1-13(2)4-3-6-20(7-5-13)11-8-12(14(15,16)17)19-9-10(11)18/h8-9H,3-7,18H2,1-2H3. The molecule has 6 heteroatoms. The summed E-state index contributed by atoms with van der Waals surface area (Å²) < 4.78 is 38.2. The Morgan fingerprint density at radius 3 is 2.60 bits per heavy atom. The molecule has 0 unspecified atom stereocenters. The molecular formula is C14H20F3N3. The molecule has 0 spiro atoms. The van der Waals surface area contributed by atoms with Crippen LogP contribution in [0.2, 0.25) is 0 Å².